The Kier molecular flexibility index (Phi) is 11.3. The van der Waals surface area contributed by atoms with Crippen LogP contribution in [0, 0.1) is 0 Å². The Balaban J connectivity index is 0.856. The molecule has 4 aromatic heterocycles. The predicted molar refractivity (Wildman–Crippen MR) is 234 cm³/mol. The molecule has 0 aliphatic carbocycles. The van der Waals surface area contributed by atoms with Gasteiger partial charge in [-0.1, -0.05) is 60.7 Å². The van der Waals surface area contributed by atoms with Crippen LogP contribution in [-0.4, -0.2) is 84.9 Å². The Morgan fingerprint density at radius 3 is 2.07 bits per heavy atom. The topological polar surface area (TPSA) is 173 Å². The molecule has 3 aliphatic rings. The van der Waals surface area contributed by atoms with E-state index >= 15 is 0 Å². The molecule has 306 valence electrons. The lowest BCUT2D eigenvalue weighted by atomic mass is 10.0. The van der Waals surface area contributed by atoms with Gasteiger partial charge in [-0.15, -0.1) is 34.0 Å². The number of fused-ring (bicyclic) bond motifs is 1. The van der Waals surface area contributed by atoms with E-state index in [4.69, 9.17) is 15.0 Å². The lowest BCUT2D eigenvalue weighted by molar-refractivity contribution is -0.138. The number of carbonyl (C=O) groups is 4. The number of thiophene rings is 2. The molecule has 6 aromatic rings. The van der Waals surface area contributed by atoms with Gasteiger partial charge in [0.05, 0.1) is 33.7 Å². The number of aromatic nitrogens is 3. The Labute approximate surface area is 357 Å². The van der Waals surface area contributed by atoms with Crippen LogP contribution >= 0.6 is 34.0 Å². The maximum atomic E-state index is 13.9. The first kappa shape index (κ1) is 39.6. The standard InChI is InChI=1S/C44H42N8O5S3/c1-25(54)48-39(26-10-4-2-5-11-26)43(56)51-16-8-14-31(51)29-18-28(21-45-29)33-19-34-35(58-33)20-36(59-34)42-47-23-37(60-42)30-22-46-41(49-30)32-15-9-17-52(32)44(57)40(50-38(55)24-53)27-12-6-3-7-13-27/h2-7,10-13,19-23,31-32,39-40,53H,8-9,14-18,24H2,1H3,(H,46,49)(H,48,54)(H,50,55)/t31?,32-,39+,40+/m0/s1. The van der Waals surface area contributed by atoms with E-state index in [0.29, 0.717) is 30.9 Å². The minimum Gasteiger partial charge on any atom is -0.387 e. The highest BCUT2D eigenvalue weighted by molar-refractivity contribution is 7.31. The van der Waals surface area contributed by atoms with Gasteiger partial charge in [0, 0.05) is 58.8 Å². The van der Waals surface area contributed by atoms with Crippen LogP contribution in [0.5, 0.6) is 0 Å². The summed E-state index contributed by atoms with van der Waals surface area (Å²) in [6.07, 6.45) is 9.50. The Hall–Kier alpha value is -5.81. The molecule has 2 fully saturated rings. The number of hydrogen-bond donors (Lipinski definition) is 4. The number of nitrogens with one attached hydrogen (secondary N) is 3. The van der Waals surface area contributed by atoms with E-state index in [1.54, 1.807) is 57.2 Å². The van der Waals surface area contributed by atoms with Crippen molar-refractivity contribution in [1.29, 1.82) is 0 Å². The van der Waals surface area contributed by atoms with E-state index < -0.39 is 24.6 Å². The zero-order chi connectivity index (χ0) is 41.3. The van der Waals surface area contributed by atoms with Crippen molar-refractivity contribution in [2.75, 3.05) is 19.7 Å². The van der Waals surface area contributed by atoms with E-state index in [-0.39, 0.29) is 29.8 Å². The fourth-order valence-electron chi connectivity index (χ4n) is 8.34. The summed E-state index contributed by atoms with van der Waals surface area (Å²) in [5, 5.41) is 15.9. The number of benzene rings is 2. The highest BCUT2D eigenvalue weighted by Gasteiger charge is 2.39. The number of imidazole rings is 1. The Morgan fingerprint density at radius 2 is 1.40 bits per heavy atom. The van der Waals surface area contributed by atoms with Crippen molar-refractivity contribution in [2.24, 2.45) is 4.99 Å². The molecule has 16 heteroatoms. The van der Waals surface area contributed by atoms with Gasteiger partial charge in [0.2, 0.25) is 23.6 Å². The third kappa shape index (κ3) is 7.95. The number of H-pyrrole nitrogens is 1. The second-order valence-electron chi connectivity index (χ2n) is 15.1. The lowest BCUT2D eigenvalue weighted by Crippen LogP contribution is -2.46. The highest BCUT2D eigenvalue weighted by Crippen LogP contribution is 2.44. The molecule has 0 saturated carbocycles. The fourth-order valence-corrected chi connectivity index (χ4v) is 11.7. The fraction of sp³-hybridized carbons (Fsp3) is 0.295. The van der Waals surface area contributed by atoms with Gasteiger partial charge in [0.25, 0.3) is 0 Å². The van der Waals surface area contributed by atoms with Gasteiger partial charge in [-0.3, -0.25) is 24.2 Å². The number of aromatic amines is 1. The number of rotatable bonds is 12. The quantitative estimate of drug-likeness (QED) is 0.102. The van der Waals surface area contributed by atoms with Crippen molar-refractivity contribution in [1.82, 2.24) is 35.4 Å². The number of aliphatic imine (C=N–C) groups is 1. The number of likely N-dealkylation sites (tertiary alicyclic amines) is 2. The van der Waals surface area contributed by atoms with E-state index in [0.717, 1.165) is 67.9 Å². The minimum atomic E-state index is -0.918. The first-order chi connectivity index (χ1) is 29.2. The number of thiazole rings is 1. The van der Waals surface area contributed by atoms with Gasteiger partial charge >= 0.3 is 0 Å². The second kappa shape index (κ2) is 17.0. The van der Waals surface area contributed by atoms with Crippen LogP contribution in [0.1, 0.15) is 79.0 Å². The number of hydrogen-bond acceptors (Lipinski definition) is 11. The maximum absolute atomic E-state index is 13.9. The number of nitrogens with zero attached hydrogens (tertiary/aromatic N) is 5. The van der Waals surface area contributed by atoms with Crippen LogP contribution in [0.25, 0.3) is 35.4 Å². The molecule has 1 unspecified atom stereocenters. The summed E-state index contributed by atoms with van der Waals surface area (Å²) in [7, 11) is 0. The first-order valence-electron chi connectivity index (χ1n) is 19.9. The molecule has 0 bridgehead atoms. The molecule has 9 rings (SSSR count). The number of aliphatic hydroxyl groups is 1. The predicted octanol–water partition coefficient (Wildman–Crippen LogP) is 7.04. The van der Waals surface area contributed by atoms with Crippen molar-refractivity contribution in [3.05, 3.63) is 113 Å². The number of aliphatic hydroxyl groups excluding tert-OH is 1. The second-order valence-corrected chi connectivity index (χ2v) is 18.3. The van der Waals surface area contributed by atoms with Crippen molar-refractivity contribution in [2.45, 2.75) is 63.2 Å². The molecule has 13 nitrogen and oxygen atoms in total. The average molecular weight is 859 g/mol. The van der Waals surface area contributed by atoms with Crippen LogP contribution in [0.15, 0.2) is 96.4 Å². The normalized spacial score (nSPS) is 18.7. The summed E-state index contributed by atoms with van der Waals surface area (Å²) in [6.45, 7) is 1.89. The average Bonchev–Trinajstić information content (AvgIpc) is 4.11. The number of amides is 4. The molecule has 2 saturated heterocycles. The van der Waals surface area contributed by atoms with E-state index in [1.165, 1.54) is 16.3 Å². The minimum absolute atomic E-state index is 0.106. The molecule has 4 amide bonds. The maximum Gasteiger partial charge on any atom is 0.250 e. The molecule has 4 N–H and O–H groups in total. The van der Waals surface area contributed by atoms with Crippen molar-refractivity contribution < 1.29 is 24.3 Å². The summed E-state index contributed by atoms with van der Waals surface area (Å²) >= 11 is 5.01. The SMILES string of the molecule is CC(=O)N[C@@H](C(=O)N1CCCC1C1=NC=C(c2cc3sc(-c4ncc(-c5cnc([C@@H]6CCCN6C(=O)[C@H](NC(=O)CO)c6ccccc6)[nH]5)s4)cc3s2)C1)c1ccccc1. The van der Waals surface area contributed by atoms with Crippen LogP contribution in [-0.2, 0) is 19.2 Å². The number of carbonyl (C=O) groups excluding carboxylic acids is 4. The van der Waals surface area contributed by atoms with E-state index in [2.05, 4.69) is 27.8 Å². The third-order valence-corrected chi connectivity index (χ3v) is 14.8. The van der Waals surface area contributed by atoms with Crippen molar-refractivity contribution >= 4 is 78.3 Å². The largest absolute Gasteiger partial charge is 0.387 e. The summed E-state index contributed by atoms with van der Waals surface area (Å²) in [5.41, 5.74) is 4.35. The van der Waals surface area contributed by atoms with Gasteiger partial charge in [-0.25, -0.2) is 9.97 Å². The van der Waals surface area contributed by atoms with Gasteiger partial charge in [0.15, 0.2) is 0 Å². The Bertz CT molecular complexity index is 2600. The van der Waals surface area contributed by atoms with Crippen LogP contribution in [0.2, 0.25) is 0 Å². The summed E-state index contributed by atoms with van der Waals surface area (Å²) < 4.78 is 2.35. The lowest BCUT2D eigenvalue weighted by Gasteiger charge is -2.29. The van der Waals surface area contributed by atoms with Crippen molar-refractivity contribution in [3.8, 4) is 20.5 Å². The molecule has 0 spiro atoms. The zero-order valence-corrected chi connectivity index (χ0v) is 35.1. The summed E-state index contributed by atoms with van der Waals surface area (Å²) in [4.78, 5) is 76.7. The van der Waals surface area contributed by atoms with Crippen molar-refractivity contribution in [3.63, 3.8) is 0 Å². The molecule has 4 atom stereocenters. The molecule has 3 aliphatic heterocycles. The number of allylic oxidation sites excluding steroid dienone is 1. The highest BCUT2D eigenvalue weighted by atomic mass is 32.1. The smallest absolute Gasteiger partial charge is 0.250 e. The van der Waals surface area contributed by atoms with Crippen LogP contribution < -0.4 is 10.6 Å². The summed E-state index contributed by atoms with van der Waals surface area (Å²) in [5.74, 6) is -0.533. The zero-order valence-electron chi connectivity index (χ0n) is 32.7. The van der Waals surface area contributed by atoms with Gasteiger partial charge < -0.3 is 30.5 Å². The molecule has 60 heavy (non-hydrogen) atoms. The first-order valence-corrected chi connectivity index (χ1v) is 22.4. The van der Waals surface area contributed by atoms with Crippen LogP contribution in [0.4, 0.5) is 0 Å². The molecular weight excluding hydrogens is 817 g/mol. The molecule has 7 heterocycles. The third-order valence-electron chi connectivity index (χ3n) is 11.2. The van der Waals surface area contributed by atoms with Gasteiger partial charge in [0.1, 0.15) is 29.5 Å². The molecule has 2 aromatic carbocycles. The van der Waals surface area contributed by atoms with Gasteiger partial charge in [-0.2, -0.15) is 0 Å². The van der Waals surface area contributed by atoms with E-state index in [9.17, 15) is 24.3 Å². The Morgan fingerprint density at radius 1 is 0.783 bits per heavy atom. The molecule has 0 radical (unpaired) electrons. The van der Waals surface area contributed by atoms with Gasteiger partial charge in [-0.05, 0) is 54.5 Å². The summed E-state index contributed by atoms with van der Waals surface area (Å²) in [6, 6.07) is 20.8. The van der Waals surface area contributed by atoms with Crippen LogP contribution in [0.3, 0.4) is 0 Å². The monoisotopic (exact) mass is 858 g/mol. The molecular formula is C44H42N8O5S3. The van der Waals surface area contributed by atoms with E-state index in [1.807, 2.05) is 65.8 Å².